The number of piperidine rings is 1. The molecule has 34 heavy (non-hydrogen) atoms. The fraction of sp³-hybridized carbons (Fsp3) is 0.423. The number of carbonyl (C=O) groups excluding carboxylic acids is 1. The maximum absolute atomic E-state index is 12.9. The Bertz CT molecular complexity index is 1160. The second-order valence-corrected chi connectivity index (χ2v) is 8.64. The second kappa shape index (κ2) is 10.2. The van der Waals surface area contributed by atoms with Gasteiger partial charge in [0.05, 0.1) is 32.5 Å². The van der Waals surface area contributed by atoms with Gasteiger partial charge in [-0.1, -0.05) is 12.1 Å². The molecule has 0 unspecified atom stereocenters. The predicted octanol–water partition coefficient (Wildman–Crippen LogP) is 3.81. The molecule has 0 bridgehead atoms. The van der Waals surface area contributed by atoms with Crippen molar-refractivity contribution >= 4 is 22.8 Å². The van der Waals surface area contributed by atoms with Crippen LogP contribution in [0.15, 0.2) is 30.3 Å². The van der Waals surface area contributed by atoms with Crippen molar-refractivity contribution in [3.63, 3.8) is 0 Å². The first-order chi connectivity index (χ1) is 16.4. The fourth-order valence-electron chi connectivity index (χ4n) is 4.44. The molecule has 0 saturated carbocycles. The number of fused-ring (bicyclic) bond motifs is 1. The molecular weight excluding hydrogens is 432 g/mol. The van der Waals surface area contributed by atoms with Gasteiger partial charge in [0.2, 0.25) is 17.6 Å². The van der Waals surface area contributed by atoms with Crippen molar-refractivity contribution in [2.24, 2.45) is 5.92 Å². The highest BCUT2D eigenvalue weighted by atomic mass is 16.5. The Hall–Kier alpha value is -3.55. The first kappa shape index (κ1) is 23.6. The summed E-state index contributed by atoms with van der Waals surface area (Å²) in [6.07, 6.45) is 1.52. The molecule has 1 saturated heterocycles. The number of methoxy groups -OCH3 is 3. The Kier molecular flexibility index (Phi) is 7.05. The van der Waals surface area contributed by atoms with Crippen LogP contribution in [0.2, 0.25) is 0 Å². The lowest BCUT2D eigenvalue weighted by molar-refractivity contribution is -0.125. The van der Waals surface area contributed by atoms with Crippen LogP contribution < -0.4 is 24.4 Å². The third-order valence-corrected chi connectivity index (χ3v) is 6.37. The topological polar surface area (TPSA) is 85.8 Å². The van der Waals surface area contributed by atoms with Crippen molar-refractivity contribution < 1.29 is 19.0 Å². The molecule has 0 aliphatic carbocycles. The molecule has 0 atom stereocenters. The van der Waals surface area contributed by atoms with E-state index in [-0.39, 0.29) is 11.8 Å². The zero-order valence-corrected chi connectivity index (χ0v) is 20.5. The van der Waals surface area contributed by atoms with Gasteiger partial charge in [-0.3, -0.25) is 4.79 Å². The minimum atomic E-state index is -0.0397. The van der Waals surface area contributed by atoms with Crippen LogP contribution in [0.25, 0.3) is 10.9 Å². The summed E-state index contributed by atoms with van der Waals surface area (Å²) in [5, 5.41) is 4.14. The van der Waals surface area contributed by atoms with E-state index in [1.807, 2.05) is 19.1 Å². The third kappa shape index (κ3) is 4.85. The van der Waals surface area contributed by atoms with Gasteiger partial charge in [-0.05, 0) is 56.0 Å². The third-order valence-electron chi connectivity index (χ3n) is 6.37. The van der Waals surface area contributed by atoms with Crippen LogP contribution >= 0.6 is 0 Å². The quantitative estimate of drug-likeness (QED) is 0.569. The van der Waals surface area contributed by atoms with Gasteiger partial charge in [0, 0.05) is 30.9 Å². The highest BCUT2D eigenvalue weighted by Crippen LogP contribution is 2.38. The molecule has 180 valence electrons. The Balaban J connectivity index is 1.37. The number of anilines is 1. The summed E-state index contributed by atoms with van der Waals surface area (Å²) in [4.78, 5) is 24.6. The molecule has 3 aromatic rings. The van der Waals surface area contributed by atoms with E-state index in [0.29, 0.717) is 23.8 Å². The van der Waals surface area contributed by atoms with Crippen LogP contribution in [0.4, 0.5) is 5.95 Å². The average molecular weight is 465 g/mol. The van der Waals surface area contributed by atoms with Gasteiger partial charge < -0.3 is 24.4 Å². The molecule has 1 aliphatic heterocycles. The molecule has 8 heteroatoms. The SMILES string of the molecule is COc1cc(CNC(=O)C2CCN(c3nc(C)c4ccc(C)cc4n3)CC2)cc(OC)c1OC. The van der Waals surface area contributed by atoms with Gasteiger partial charge in [-0.25, -0.2) is 9.97 Å². The highest BCUT2D eigenvalue weighted by Gasteiger charge is 2.26. The zero-order chi connectivity index (χ0) is 24.2. The Labute approximate surface area is 200 Å². The van der Waals surface area contributed by atoms with Crippen molar-refractivity contribution in [1.82, 2.24) is 15.3 Å². The molecule has 1 amide bonds. The molecule has 1 aromatic heterocycles. The molecule has 1 N–H and O–H groups in total. The van der Waals surface area contributed by atoms with Gasteiger partial charge in [0.25, 0.3) is 0 Å². The summed E-state index contributed by atoms with van der Waals surface area (Å²) in [5.74, 6) is 2.43. The highest BCUT2D eigenvalue weighted by molar-refractivity contribution is 5.82. The molecule has 0 radical (unpaired) electrons. The van der Waals surface area contributed by atoms with Crippen molar-refractivity contribution in [1.29, 1.82) is 0 Å². The number of nitrogens with one attached hydrogen (secondary N) is 1. The number of benzene rings is 2. The lowest BCUT2D eigenvalue weighted by atomic mass is 9.96. The second-order valence-electron chi connectivity index (χ2n) is 8.64. The van der Waals surface area contributed by atoms with Gasteiger partial charge in [0.15, 0.2) is 11.5 Å². The van der Waals surface area contributed by atoms with Crippen molar-refractivity contribution in [3.8, 4) is 17.2 Å². The molecule has 8 nitrogen and oxygen atoms in total. The number of rotatable bonds is 7. The first-order valence-corrected chi connectivity index (χ1v) is 11.5. The molecule has 1 fully saturated rings. The van der Waals surface area contributed by atoms with Crippen LogP contribution in [-0.2, 0) is 11.3 Å². The first-order valence-electron chi connectivity index (χ1n) is 11.5. The van der Waals surface area contributed by atoms with E-state index in [4.69, 9.17) is 24.2 Å². The molecular formula is C26H32N4O4. The zero-order valence-electron chi connectivity index (χ0n) is 20.5. The number of amides is 1. The molecule has 4 rings (SSSR count). The number of nitrogens with zero attached hydrogens (tertiary/aromatic N) is 3. The monoisotopic (exact) mass is 464 g/mol. The summed E-state index contributed by atoms with van der Waals surface area (Å²) in [5.41, 5.74) is 4.01. The smallest absolute Gasteiger partial charge is 0.226 e. The molecule has 0 spiro atoms. The van der Waals surface area contributed by atoms with E-state index in [1.54, 1.807) is 21.3 Å². The van der Waals surface area contributed by atoms with E-state index >= 15 is 0 Å². The normalized spacial score (nSPS) is 14.2. The van der Waals surface area contributed by atoms with Crippen molar-refractivity contribution in [2.45, 2.75) is 33.2 Å². The summed E-state index contributed by atoms with van der Waals surface area (Å²) in [7, 11) is 4.73. The lowest BCUT2D eigenvalue weighted by Crippen LogP contribution is -2.41. The van der Waals surface area contributed by atoms with Crippen molar-refractivity contribution in [2.75, 3.05) is 39.3 Å². The van der Waals surface area contributed by atoms with Crippen molar-refractivity contribution in [3.05, 3.63) is 47.2 Å². The summed E-state index contributed by atoms with van der Waals surface area (Å²) in [6.45, 7) is 5.98. The standard InChI is InChI=1S/C26H32N4O4/c1-16-6-7-20-17(2)28-26(29-21(20)12-16)30-10-8-19(9-11-30)25(31)27-15-18-13-22(32-3)24(34-5)23(14-18)33-4/h6-7,12-14,19H,8-11,15H2,1-5H3,(H,27,31). The number of hydrogen-bond acceptors (Lipinski definition) is 7. The summed E-state index contributed by atoms with van der Waals surface area (Å²) < 4.78 is 16.2. The molecule has 1 aliphatic rings. The fourth-order valence-corrected chi connectivity index (χ4v) is 4.44. The maximum Gasteiger partial charge on any atom is 0.226 e. The van der Waals surface area contributed by atoms with Crippen LogP contribution in [0, 0.1) is 19.8 Å². The van der Waals surface area contributed by atoms with Crippen LogP contribution in [0.5, 0.6) is 17.2 Å². The number of hydrogen-bond donors (Lipinski definition) is 1. The van der Waals surface area contributed by atoms with Gasteiger partial charge in [0.1, 0.15) is 0 Å². The van der Waals surface area contributed by atoms with Gasteiger partial charge in [-0.2, -0.15) is 0 Å². The Morgan fingerprint density at radius 3 is 2.29 bits per heavy atom. The van der Waals surface area contributed by atoms with Gasteiger partial charge >= 0.3 is 0 Å². The minimum absolute atomic E-state index is 0.0397. The van der Waals surface area contributed by atoms with Gasteiger partial charge in [-0.15, -0.1) is 0 Å². The Morgan fingerprint density at radius 2 is 1.68 bits per heavy atom. The van der Waals surface area contributed by atoms with Crippen LogP contribution in [-0.4, -0.2) is 50.3 Å². The van der Waals surface area contributed by atoms with E-state index in [9.17, 15) is 4.79 Å². The molecule has 2 aromatic carbocycles. The van der Waals surface area contributed by atoms with Crippen LogP contribution in [0.3, 0.4) is 0 Å². The number of carbonyl (C=O) groups is 1. The summed E-state index contributed by atoms with van der Waals surface area (Å²) in [6, 6.07) is 9.96. The maximum atomic E-state index is 12.9. The minimum Gasteiger partial charge on any atom is -0.493 e. The number of ether oxygens (including phenoxy) is 3. The largest absolute Gasteiger partial charge is 0.493 e. The molecule has 2 heterocycles. The predicted molar refractivity (Wildman–Crippen MR) is 132 cm³/mol. The van der Waals surface area contributed by atoms with E-state index in [2.05, 4.69) is 35.3 Å². The van der Waals surface area contributed by atoms with Crippen LogP contribution in [0.1, 0.15) is 29.7 Å². The van der Waals surface area contributed by atoms with E-state index < -0.39 is 0 Å². The number of aryl methyl sites for hydroxylation is 2. The Morgan fingerprint density at radius 1 is 1.00 bits per heavy atom. The van der Waals surface area contributed by atoms with E-state index in [0.717, 1.165) is 54.0 Å². The van der Waals surface area contributed by atoms with E-state index in [1.165, 1.54) is 5.56 Å². The lowest BCUT2D eigenvalue weighted by Gasteiger charge is -2.31. The summed E-state index contributed by atoms with van der Waals surface area (Å²) >= 11 is 0. The number of aromatic nitrogens is 2. The average Bonchev–Trinajstić information content (AvgIpc) is 2.86.